The second-order valence-electron chi connectivity index (χ2n) is 3.45. The molecule has 0 bridgehead atoms. The van der Waals surface area contributed by atoms with Gasteiger partial charge in [0, 0.05) is 0 Å². The molecule has 0 saturated carbocycles. The first-order valence-corrected chi connectivity index (χ1v) is 4.72. The van der Waals surface area contributed by atoms with Crippen molar-refractivity contribution < 1.29 is 5.11 Å². The number of tetrazole rings is 1. The van der Waals surface area contributed by atoms with Crippen LogP contribution in [0.5, 0.6) is 0 Å². The summed E-state index contributed by atoms with van der Waals surface area (Å²) >= 11 is 0. The third-order valence-corrected chi connectivity index (χ3v) is 2.04. The molecule has 1 aromatic heterocycles. The molecule has 1 heterocycles. The van der Waals surface area contributed by atoms with Crippen LogP contribution in [0.25, 0.3) is 5.69 Å². The van der Waals surface area contributed by atoms with Crippen LogP contribution >= 0.6 is 0 Å². The van der Waals surface area contributed by atoms with Gasteiger partial charge in [0.1, 0.15) is 6.10 Å². The molecule has 5 nitrogen and oxygen atoms in total. The average Bonchev–Trinajstić information content (AvgIpc) is 2.66. The molecule has 1 atom stereocenters. The number of hydrogen-bond donors (Lipinski definition) is 1. The second kappa shape index (κ2) is 3.78. The largest absolute Gasteiger partial charge is 0.385 e. The Bertz CT molecular complexity index is 464. The first-order valence-electron chi connectivity index (χ1n) is 4.72. The van der Waals surface area contributed by atoms with Crippen LogP contribution in [0, 0.1) is 6.92 Å². The summed E-state index contributed by atoms with van der Waals surface area (Å²) in [5.41, 5.74) is 1.97. The van der Waals surface area contributed by atoms with Gasteiger partial charge >= 0.3 is 0 Å². The molecule has 0 aliphatic heterocycles. The fraction of sp³-hybridized carbons (Fsp3) is 0.300. The molecule has 0 fully saturated rings. The maximum Gasteiger partial charge on any atom is 0.203 e. The van der Waals surface area contributed by atoms with Gasteiger partial charge in [-0.2, -0.15) is 0 Å². The van der Waals surface area contributed by atoms with Crippen molar-refractivity contribution in [3.63, 3.8) is 0 Å². The number of aliphatic hydroxyl groups is 1. The maximum atomic E-state index is 9.26. The molecule has 15 heavy (non-hydrogen) atoms. The van der Waals surface area contributed by atoms with E-state index < -0.39 is 6.10 Å². The lowest BCUT2D eigenvalue weighted by molar-refractivity contribution is 0.188. The van der Waals surface area contributed by atoms with Gasteiger partial charge < -0.3 is 5.11 Å². The van der Waals surface area contributed by atoms with Gasteiger partial charge in [0.15, 0.2) is 0 Å². The van der Waals surface area contributed by atoms with E-state index in [-0.39, 0.29) is 0 Å². The Labute approximate surface area is 87.4 Å². The van der Waals surface area contributed by atoms with E-state index in [9.17, 15) is 5.11 Å². The molecule has 0 saturated heterocycles. The van der Waals surface area contributed by atoms with Crippen LogP contribution in [0.4, 0.5) is 0 Å². The number of benzene rings is 1. The predicted molar refractivity (Wildman–Crippen MR) is 54.5 cm³/mol. The summed E-state index contributed by atoms with van der Waals surface area (Å²) in [6.07, 6.45) is -0.691. The quantitative estimate of drug-likeness (QED) is 0.793. The highest BCUT2D eigenvalue weighted by Crippen LogP contribution is 2.09. The van der Waals surface area contributed by atoms with Crippen LogP contribution in [0.1, 0.15) is 24.4 Å². The van der Waals surface area contributed by atoms with E-state index in [0.717, 1.165) is 11.3 Å². The number of aliphatic hydroxyl groups excluding tert-OH is 1. The van der Waals surface area contributed by atoms with Crippen molar-refractivity contribution in [3.8, 4) is 5.69 Å². The molecule has 0 aliphatic rings. The van der Waals surface area contributed by atoms with E-state index in [1.54, 1.807) is 6.92 Å². The molecule has 0 aliphatic carbocycles. The average molecular weight is 204 g/mol. The Morgan fingerprint density at radius 3 is 2.80 bits per heavy atom. The van der Waals surface area contributed by atoms with Gasteiger partial charge in [-0.05, 0) is 36.8 Å². The van der Waals surface area contributed by atoms with Crippen LogP contribution in [0.15, 0.2) is 24.3 Å². The molecule has 0 radical (unpaired) electrons. The lowest BCUT2D eigenvalue weighted by Gasteiger charge is -1.99. The zero-order valence-corrected chi connectivity index (χ0v) is 8.62. The second-order valence-corrected chi connectivity index (χ2v) is 3.45. The molecular formula is C10H12N4O. The Morgan fingerprint density at radius 1 is 1.40 bits per heavy atom. The van der Waals surface area contributed by atoms with E-state index in [1.165, 1.54) is 4.80 Å². The molecule has 78 valence electrons. The lowest BCUT2D eigenvalue weighted by Crippen LogP contribution is -2.00. The highest BCUT2D eigenvalue weighted by atomic mass is 16.3. The first kappa shape index (κ1) is 9.79. The van der Waals surface area contributed by atoms with Gasteiger partial charge in [-0.25, -0.2) is 0 Å². The van der Waals surface area contributed by atoms with E-state index in [1.807, 2.05) is 31.2 Å². The summed E-state index contributed by atoms with van der Waals surface area (Å²) in [4.78, 5) is 1.41. The zero-order valence-electron chi connectivity index (χ0n) is 8.62. The fourth-order valence-electron chi connectivity index (χ4n) is 1.25. The Kier molecular flexibility index (Phi) is 2.47. The minimum atomic E-state index is -0.691. The lowest BCUT2D eigenvalue weighted by atomic mass is 10.2. The molecule has 1 aromatic carbocycles. The Morgan fingerprint density at radius 2 is 2.20 bits per heavy atom. The van der Waals surface area contributed by atoms with Crippen LogP contribution in [0.2, 0.25) is 0 Å². The molecule has 1 N–H and O–H groups in total. The van der Waals surface area contributed by atoms with Crippen LogP contribution in [-0.2, 0) is 0 Å². The minimum absolute atomic E-state index is 0.330. The van der Waals surface area contributed by atoms with E-state index in [2.05, 4.69) is 15.4 Å². The van der Waals surface area contributed by atoms with Crippen molar-refractivity contribution >= 4 is 0 Å². The molecule has 0 amide bonds. The number of nitrogens with zero attached hydrogens (tertiary/aromatic N) is 4. The third-order valence-electron chi connectivity index (χ3n) is 2.04. The number of rotatable bonds is 2. The van der Waals surface area contributed by atoms with Crippen LogP contribution in [-0.4, -0.2) is 25.3 Å². The minimum Gasteiger partial charge on any atom is -0.385 e. The summed E-state index contributed by atoms with van der Waals surface area (Å²) in [7, 11) is 0. The van der Waals surface area contributed by atoms with Gasteiger partial charge in [-0.3, -0.25) is 0 Å². The standard InChI is InChI=1S/C10H12N4O/c1-7-4-3-5-9(6-7)14-12-10(8(2)15)11-13-14/h3-6,8,15H,1-2H3/t8-/m0/s1. The van der Waals surface area contributed by atoms with Crippen molar-refractivity contribution in [2.45, 2.75) is 20.0 Å². The van der Waals surface area contributed by atoms with Gasteiger partial charge in [-0.15, -0.1) is 15.0 Å². The Balaban J connectivity index is 2.37. The summed E-state index contributed by atoms with van der Waals surface area (Å²) in [5, 5.41) is 20.9. The fourth-order valence-corrected chi connectivity index (χ4v) is 1.25. The summed E-state index contributed by atoms with van der Waals surface area (Å²) in [5.74, 6) is 0.330. The maximum absolute atomic E-state index is 9.26. The van der Waals surface area contributed by atoms with Crippen molar-refractivity contribution in [3.05, 3.63) is 35.7 Å². The van der Waals surface area contributed by atoms with E-state index >= 15 is 0 Å². The molecule has 2 aromatic rings. The highest BCUT2D eigenvalue weighted by Gasteiger charge is 2.09. The Hall–Kier alpha value is -1.75. The molecule has 0 unspecified atom stereocenters. The molecule has 5 heteroatoms. The first-order chi connectivity index (χ1) is 7.16. The van der Waals surface area contributed by atoms with Crippen LogP contribution in [0.3, 0.4) is 0 Å². The summed E-state index contributed by atoms with van der Waals surface area (Å²) < 4.78 is 0. The summed E-state index contributed by atoms with van der Waals surface area (Å²) in [6.45, 7) is 3.60. The zero-order chi connectivity index (χ0) is 10.8. The number of hydrogen-bond acceptors (Lipinski definition) is 4. The van der Waals surface area contributed by atoms with Gasteiger partial charge in [0.2, 0.25) is 5.82 Å². The monoisotopic (exact) mass is 204 g/mol. The van der Waals surface area contributed by atoms with E-state index in [4.69, 9.17) is 0 Å². The molecule has 2 rings (SSSR count). The van der Waals surface area contributed by atoms with Crippen molar-refractivity contribution in [2.75, 3.05) is 0 Å². The van der Waals surface area contributed by atoms with Crippen molar-refractivity contribution in [1.29, 1.82) is 0 Å². The number of aromatic nitrogens is 4. The van der Waals surface area contributed by atoms with Crippen molar-refractivity contribution in [1.82, 2.24) is 20.2 Å². The van der Waals surface area contributed by atoms with Gasteiger partial charge in [0.05, 0.1) is 5.69 Å². The topological polar surface area (TPSA) is 63.8 Å². The smallest absolute Gasteiger partial charge is 0.203 e. The highest BCUT2D eigenvalue weighted by molar-refractivity contribution is 5.32. The predicted octanol–water partition coefficient (Wildman–Crippen LogP) is 1.02. The summed E-state index contributed by atoms with van der Waals surface area (Å²) in [6, 6.07) is 7.76. The normalized spacial score (nSPS) is 12.7. The van der Waals surface area contributed by atoms with Gasteiger partial charge in [-0.1, -0.05) is 12.1 Å². The number of aryl methyl sites for hydroxylation is 1. The molecular weight excluding hydrogens is 192 g/mol. The van der Waals surface area contributed by atoms with Crippen molar-refractivity contribution in [2.24, 2.45) is 0 Å². The third kappa shape index (κ3) is 2.02. The molecule has 0 spiro atoms. The van der Waals surface area contributed by atoms with Gasteiger partial charge in [0.25, 0.3) is 0 Å². The van der Waals surface area contributed by atoms with E-state index in [0.29, 0.717) is 5.82 Å². The SMILES string of the molecule is Cc1cccc(-n2nnc([C@H](C)O)n2)c1. The van der Waals surface area contributed by atoms with Crippen LogP contribution < -0.4 is 0 Å².